The molecule has 2 heterocycles. The van der Waals surface area contributed by atoms with E-state index in [1.807, 2.05) is 0 Å². The number of anilines is 2. The summed E-state index contributed by atoms with van der Waals surface area (Å²) in [7, 11) is 0. The van der Waals surface area contributed by atoms with Gasteiger partial charge in [-0.1, -0.05) is 6.92 Å². The fraction of sp³-hybridized carbons (Fsp3) is 0.600. The molecular formula is C15H22N4S. The van der Waals surface area contributed by atoms with Crippen LogP contribution in [0.1, 0.15) is 44.4 Å². The van der Waals surface area contributed by atoms with E-state index in [0.29, 0.717) is 0 Å². The van der Waals surface area contributed by atoms with Crippen LogP contribution in [0.15, 0.2) is 6.07 Å². The second-order valence-corrected chi connectivity index (χ2v) is 6.85. The summed E-state index contributed by atoms with van der Waals surface area (Å²) in [5.74, 6) is 1.73. The maximum absolute atomic E-state index is 4.69. The number of fused-ring (bicyclic) bond motifs is 1. The topological polar surface area (TPSA) is 49.8 Å². The number of hydrogen-bond donors (Lipinski definition) is 2. The molecule has 108 valence electrons. The summed E-state index contributed by atoms with van der Waals surface area (Å²) in [5, 5.41) is 8.11. The predicted octanol–water partition coefficient (Wildman–Crippen LogP) is 4.18. The highest BCUT2D eigenvalue weighted by molar-refractivity contribution is 7.18. The van der Waals surface area contributed by atoms with Gasteiger partial charge >= 0.3 is 0 Å². The Morgan fingerprint density at radius 2 is 2.10 bits per heavy atom. The molecule has 1 aliphatic carbocycles. The standard InChI is InChI=1S/C15H22N4S/c1-4-15(7-6-8-15)19-12-11-9-10(3)20-13(11)18-14(17-12)16-5-2/h9H,4-8H2,1-3H3,(H2,16,17,18,19). The number of thiophene rings is 1. The van der Waals surface area contributed by atoms with Gasteiger partial charge in [-0.2, -0.15) is 4.98 Å². The number of hydrogen-bond acceptors (Lipinski definition) is 5. The molecule has 0 aliphatic heterocycles. The predicted molar refractivity (Wildman–Crippen MR) is 86.8 cm³/mol. The lowest BCUT2D eigenvalue weighted by Gasteiger charge is -2.42. The van der Waals surface area contributed by atoms with E-state index in [4.69, 9.17) is 4.98 Å². The molecule has 0 atom stereocenters. The molecule has 0 unspecified atom stereocenters. The van der Waals surface area contributed by atoms with Gasteiger partial charge in [-0.3, -0.25) is 0 Å². The van der Waals surface area contributed by atoms with Crippen molar-refractivity contribution in [2.75, 3.05) is 17.2 Å². The van der Waals surface area contributed by atoms with E-state index in [-0.39, 0.29) is 5.54 Å². The van der Waals surface area contributed by atoms with E-state index < -0.39 is 0 Å². The molecule has 2 aromatic heterocycles. The first-order valence-corrected chi connectivity index (χ1v) is 8.27. The van der Waals surface area contributed by atoms with E-state index in [9.17, 15) is 0 Å². The van der Waals surface area contributed by atoms with E-state index >= 15 is 0 Å². The number of nitrogens with one attached hydrogen (secondary N) is 2. The fourth-order valence-electron chi connectivity index (χ4n) is 2.80. The minimum absolute atomic E-state index is 0.251. The fourth-order valence-corrected chi connectivity index (χ4v) is 3.68. The van der Waals surface area contributed by atoms with Crippen LogP contribution in [0.3, 0.4) is 0 Å². The largest absolute Gasteiger partial charge is 0.364 e. The third kappa shape index (κ3) is 2.35. The van der Waals surface area contributed by atoms with Crippen LogP contribution in [0, 0.1) is 6.92 Å². The van der Waals surface area contributed by atoms with Crippen LogP contribution in [0.25, 0.3) is 10.2 Å². The highest BCUT2D eigenvalue weighted by atomic mass is 32.1. The van der Waals surface area contributed by atoms with E-state index in [2.05, 4.69) is 42.5 Å². The Kier molecular flexibility index (Phi) is 3.54. The van der Waals surface area contributed by atoms with Crippen LogP contribution in [-0.4, -0.2) is 22.1 Å². The van der Waals surface area contributed by atoms with Crippen molar-refractivity contribution in [2.24, 2.45) is 0 Å². The molecule has 1 saturated carbocycles. The molecule has 0 saturated heterocycles. The van der Waals surface area contributed by atoms with Crippen molar-refractivity contribution in [3.8, 4) is 0 Å². The van der Waals surface area contributed by atoms with Gasteiger partial charge in [0.1, 0.15) is 10.6 Å². The summed E-state index contributed by atoms with van der Waals surface area (Å²) in [4.78, 5) is 11.6. The molecule has 0 radical (unpaired) electrons. The Bertz CT molecular complexity index is 610. The number of rotatable bonds is 5. The summed E-state index contributed by atoms with van der Waals surface area (Å²) in [5.41, 5.74) is 0.251. The Labute approximate surface area is 124 Å². The minimum atomic E-state index is 0.251. The average Bonchev–Trinajstić information content (AvgIpc) is 2.74. The molecule has 3 rings (SSSR count). The Morgan fingerprint density at radius 3 is 2.70 bits per heavy atom. The van der Waals surface area contributed by atoms with Gasteiger partial charge in [0.05, 0.1) is 5.39 Å². The monoisotopic (exact) mass is 290 g/mol. The minimum Gasteiger partial charge on any atom is -0.364 e. The maximum Gasteiger partial charge on any atom is 0.226 e. The molecule has 1 fully saturated rings. The zero-order chi connectivity index (χ0) is 14.2. The van der Waals surface area contributed by atoms with Crippen molar-refractivity contribution in [1.29, 1.82) is 0 Å². The molecule has 0 aromatic carbocycles. The van der Waals surface area contributed by atoms with Crippen molar-refractivity contribution >= 4 is 33.3 Å². The molecule has 0 spiro atoms. The smallest absolute Gasteiger partial charge is 0.226 e. The lowest BCUT2D eigenvalue weighted by Crippen LogP contribution is -2.44. The molecule has 1 aliphatic rings. The highest BCUT2D eigenvalue weighted by Crippen LogP contribution is 2.40. The van der Waals surface area contributed by atoms with E-state index in [1.54, 1.807) is 11.3 Å². The molecule has 20 heavy (non-hydrogen) atoms. The van der Waals surface area contributed by atoms with Gasteiger partial charge in [-0.25, -0.2) is 4.98 Å². The van der Waals surface area contributed by atoms with Crippen LogP contribution in [0.4, 0.5) is 11.8 Å². The maximum atomic E-state index is 4.69. The van der Waals surface area contributed by atoms with Gasteiger partial charge in [0.25, 0.3) is 0 Å². The molecule has 5 heteroatoms. The van der Waals surface area contributed by atoms with Gasteiger partial charge in [0.2, 0.25) is 5.95 Å². The third-order valence-electron chi connectivity index (χ3n) is 4.22. The first-order chi connectivity index (χ1) is 9.65. The van der Waals surface area contributed by atoms with Gasteiger partial charge < -0.3 is 10.6 Å². The van der Waals surface area contributed by atoms with Gasteiger partial charge in [-0.05, 0) is 45.6 Å². The van der Waals surface area contributed by atoms with E-state index in [1.165, 1.54) is 24.1 Å². The van der Waals surface area contributed by atoms with Gasteiger partial charge in [0, 0.05) is 17.0 Å². The third-order valence-corrected chi connectivity index (χ3v) is 5.17. The first-order valence-electron chi connectivity index (χ1n) is 7.46. The molecular weight excluding hydrogens is 268 g/mol. The van der Waals surface area contributed by atoms with Crippen molar-refractivity contribution in [1.82, 2.24) is 9.97 Å². The van der Waals surface area contributed by atoms with Crippen molar-refractivity contribution in [3.63, 3.8) is 0 Å². The SMILES string of the molecule is CCNc1nc(NC2(CC)CCC2)c2cc(C)sc2n1. The molecule has 4 nitrogen and oxygen atoms in total. The quantitative estimate of drug-likeness (QED) is 0.867. The molecule has 0 bridgehead atoms. The van der Waals surface area contributed by atoms with Crippen molar-refractivity contribution in [2.45, 2.75) is 52.0 Å². The Hall–Kier alpha value is -1.36. The summed E-state index contributed by atoms with van der Waals surface area (Å²) in [6.07, 6.45) is 4.96. The Morgan fingerprint density at radius 1 is 1.30 bits per heavy atom. The first kappa shape index (κ1) is 13.6. The van der Waals surface area contributed by atoms with Crippen LogP contribution in [0.5, 0.6) is 0 Å². The molecule has 0 amide bonds. The molecule has 2 N–H and O–H groups in total. The summed E-state index contributed by atoms with van der Waals surface area (Å²) in [6.45, 7) is 7.30. The lowest BCUT2D eigenvalue weighted by atomic mass is 9.75. The second-order valence-electron chi connectivity index (χ2n) is 5.61. The second kappa shape index (κ2) is 5.20. The van der Waals surface area contributed by atoms with Crippen molar-refractivity contribution < 1.29 is 0 Å². The van der Waals surface area contributed by atoms with Crippen LogP contribution < -0.4 is 10.6 Å². The van der Waals surface area contributed by atoms with Crippen molar-refractivity contribution in [3.05, 3.63) is 10.9 Å². The van der Waals surface area contributed by atoms with Crippen LogP contribution in [-0.2, 0) is 0 Å². The summed E-state index contributed by atoms with van der Waals surface area (Å²) < 4.78 is 0. The highest BCUT2D eigenvalue weighted by Gasteiger charge is 2.35. The number of aromatic nitrogens is 2. The average molecular weight is 290 g/mol. The Balaban J connectivity index is 2.02. The normalized spacial score (nSPS) is 16.9. The lowest BCUT2D eigenvalue weighted by molar-refractivity contribution is 0.269. The zero-order valence-electron chi connectivity index (χ0n) is 12.4. The number of aryl methyl sites for hydroxylation is 1. The molecule has 2 aromatic rings. The zero-order valence-corrected chi connectivity index (χ0v) is 13.2. The summed E-state index contributed by atoms with van der Waals surface area (Å²) >= 11 is 1.73. The van der Waals surface area contributed by atoms with Crippen LogP contribution >= 0.6 is 11.3 Å². The van der Waals surface area contributed by atoms with Crippen LogP contribution in [0.2, 0.25) is 0 Å². The number of nitrogens with zero attached hydrogens (tertiary/aromatic N) is 2. The summed E-state index contributed by atoms with van der Waals surface area (Å²) in [6, 6.07) is 2.19. The van der Waals surface area contributed by atoms with Gasteiger partial charge in [-0.15, -0.1) is 11.3 Å². The van der Waals surface area contributed by atoms with Gasteiger partial charge in [0.15, 0.2) is 0 Å². The van der Waals surface area contributed by atoms with E-state index in [0.717, 1.165) is 34.9 Å².